The summed E-state index contributed by atoms with van der Waals surface area (Å²) in [4.78, 5) is 214. The standard InChI is InChI=1S/C82H136N18O18S/c1-19-46(12)64(98-75(112)59(38-44(8)9)92-74(111)60(40-53-29-31-54(102)32-30-53)95-79(116)65(47(13)20-2)99-80(117)66(48(14)21-3)97-69(106)49(15)88-70(107)55(83)33-35-119-18)78(115)94-58(37-43(6)7)73(110)91-57(36-42(4)5)72(109)93-61(39-52-26-23-22-24-27-52)76(113)100-67(51(17)101)81(118)89-50(16)68(105)96-63(45(10)11)77(114)90-56(28-25-34-86-82(84)85)71(108)87-41-62(103)104/h22-24,26-27,29-32,42-51,55-61,63-67,101-102H,19-21,25,28,33-41,83H2,1-18H3,(H,87,108)(H,88,107)(H,89,118)(H,90,114)(H,91,110)(H,92,111)(H,93,109)(H,94,115)(H,95,116)(H,96,105)(H,97,106)(H,98,112)(H,99,117)(H,100,113)(H,103,104)(H4,84,85,86)/t46-,47-,48-,49-,50-,51+,55-,56-,57-,58-,59-,60-,61-,63-,64-,65-,66-,67-/m0/s1. The van der Waals surface area contributed by atoms with Gasteiger partial charge in [-0.25, -0.2) is 0 Å². The molecule has 0 aliphatic carbocycles. The van der Waals surface area contributed by atoms with Gasteiger partial charge < -0.3 is 107 Å². The summed E-state index contributed by atoms with van der Waals surface area (Å²) in [5, 5.41) is 67.6. The molecule has 0 bridgehead atoms. The van der Waals surface area contributed by atoms with Crippen LogP contribution in [0.5, 0.6) is 5.75 Å². The van der Waals surface area contributed by atoms with Crippen molar-refractivity contribution >= 4 is 106 Å². The first-order valence-electron chi connectivity index (χ1n) is 41.0. The van der Waals surface area contributed by atoms with Gasteiger partial charge in [0.25, 0.3) is 0 Å². The minimum Gasteiger partial charge on any atom is -0.508 e. The number of amides is 14. The Hall–Kier alpha value is -10.2. The first kappa shape index (κ1) is 105. The number of nitrogens with two attached hydrogens (primary N) is 3. The van der Waals surface area contributed by atoms with Gasteiger partial charge in [0.15, 0.2) is 5.96 Å². The first-order valence-corrected chi connectivity index (χ1v) is 42.4. The number of carboxylic acids is 1. The molecule has 119 heavy (non-hydrogen) atoms. The van der Waals surface area contributed by atoms with Gasteiger partial charge >= 0.3 is 5.97 Å². The van der Waals surface area contributed by atoms with E-state index in [0.717, 1.165) is 0 Å². The molecule has 0 fully saturated rings. The van der Waals surface area contributed by atoms with Crippen molar-refractivity contribution in [3.8, 4) is 5.75 Å². The van der Waals surface area contributed by atoms with Crippen molar-refractivity contribution in [2.75, 3.05) is 25.1 Å². The number of aliphatic carboxylic acids is 1. The van der Waals surface area contributed by atoms with Crippen LogP contribution in [0.25, 0.3) is 0 Å². The van der Waals surface area contributed by atoms with Gasteiger partial charge in [-0.05, 0) is 136 Å². The average molecular weight is 1690 g/mol. The van der Waals surface area contributed by atoms with Crippen molar-refractivity contribution in [2.24, 2.45) is 63.6 Å². The highest BCUT2D eigenvalue weighted by atomic mass is 32.2. The number of aromatic hydroxyl groups is 1. The number of aliphatic hydroxyl groups is 1. The summed E-state index contributed by atoms with van der Waals surface area (Å²) in [5.74, 6) is -15.5. The number of benzene rings is 2. The zero-order valence-electron chi connectivity index (χ0n) is 72.4. The van der Waals surface area contributed by atoms with Gasteiger partial charge in [-0.2, -0.15) is 11.8 Å². The summed E-state index contributed by atoms with van der Waals surface area (Å²) >= 11 is 1.51. The summed E-state index contributed by atoms with van der Waals surface area (Å²) < 4.78 is 0. The molecule has 0 unspecified atom stereocenters. The molecule has 0 spiro atoms. The van der Waals surface area contributed by atoms with Gasteiger partial charge in [-0.1, -0.05) is 159 Å². The highest BCUT2D eigenvalue weighted by Crippen LogP contribution is 2.20. The Bertz CT molecular complexity index is 3680. The minimum absolute atomic E-state index is 0.0112. The van der Waals surface area contributed by atoms with Crippen LogP contribution >= 0.6 is 11.8 Å². The van der Waals surface area contributed by atoms with E-state index in [2.05, 4.69) is 79.4 Å². The molecule has 18 atom stereocenters. The highest BCUT2D eigenvalue weighted by Gasteiger charge is 2.41. The molecule has 0 heterocycles. The second kappa shape index (κ2) is 53.4. The van der Waals surface area contributed by atoms with Crippen molar-refractivity contribution in [2.45, 2.75) is 279 Å². The molecular formula is C82H136N18O18S. The number of hydrogen-bond donors (Lipinski definition) is 20. The number of rotatable bonds is 54. The summed E-state index contributed by atoms with van der Waals surface area (Å²) in [5.41, 5.74) is 17.9. The molecule has 0 aromatic heterocycles. The zero-order valence-corrected chi connectivity index (χ0v) is 73.2. The monoisotopic (exact) mass is 1690 g/mol. The molecular weight excluding hydrogens is 1560 g/mol. The lowest BCUT2D eigenvalue weighted by molar-refractivity contribution is -0.139. The molecule has 2 rings (SSSR count). The largest absolute Gasteiger partial charge is 0.508 e. The van der Waals surface area contributed by atoms with Crippen molar-refractivity contribution < 1.29 is 87.2 Å². The van der Waals surface area contributed by atoms with Crippen LogP contribution in [0.15, 0.2) is 59.6 Å². The summed E-state index contributed by atoms with van der Waals surface area (Å²) in [6, 6.07) is -4.34. The van der Waals surface area contributed by atoms with E-state index >= 15 is 0 Å². The molecule has 14 amide bonds. The number of thioether (sulfide) groups is 1. The highest BCUT2D eigenvalue weighted by molar-refractivity contribution is 7.98. The Morgan fingerprint density at radius 2 is 0.748 bits per heavy atom. The van der Waals surface area contributed by atoms with Crippen LogP contribution in [0.2, 0.25) is 0 Å². The smallest absolute Gasteiger partial charge is 0.322 e. The number of aliphatic hydroxyl groups excluding tert-OH is 1. The maximum atomic E-state index is 14.9. The number of carbonyl (C=O) groups is 15. The molecule has 37 heteroatoms. The van der Waals surface area contributed by atoms with Crippen molar-refractivity contribution in [3.05, 3.63) is 65.7 Å². The Morgan fingerprint density at radius 3 is 1.17 bits per heavy atom. The maximum Gasteiger partial charge on any atom is 0.322 e. The van der Waals surface area contributed by atoms with Crippen molar-refractivity contribution in [3.63, 3.8) is 0 Å². The minimum atomic E-state index is -1.78. The van der Waals surface area contributed by atoms with Crippen molar-refractivity contribution in [1.82, 2.24) is 74.4 Å². The van der Waals surface area contributed by atoms with E-state index < -0.39 is 210 Å². The number of aliphatic imine (C=N–C) groups is 1. The van der Waals surface area contributed by atoms with E-state index in [1.807, 2.05) is 13.2 Å². The SMILES string of the molecule is CC[C@H](C)[C@H](NC(=O)[C@H](C)NC(=O)[C@@H](N)CCSC)C(=O)N[C@H](C(=O)N[C@@H](Cc1ccc(O)cc1)C(=O)N[C@@H](CC(C)C)C(=O)N[C@H](C(=O)N[C@@H](CC(C)C)C(=O)N[C@@H](CC(C)C)C(=O)N[C@@H](Cc1ccccc1)C(=O)N[C@H](C(=O)N[C@@H](C)C(=O)N[C@H](C(=O)N[C@@H](CCCN=C(N)N)C(=O)NCC(=O)O)C(C)C)[C@@H](C)O)[C@@H](C)CC)[C@@H](C)CC. The van der Waals surface area contributed by atoms with Gasteiger partial charge in [0.05, 0.1) is 12.1 Å². The van der Waals surface area contributed by atoms with Gasteiger partial charge in [0.1, 0.15) is 90.8 Å². The van der Waals surface area contributed by atoms with Crippen LogP contribution in [0.1, 0.15) is 187 Å². The number of carbonyl (C=O) groups excluding carboxylic acids is 14. The zero-order chi connectivity index (χ0) is 90.2. The Morgan fingerprint density at radius 1 is 0.403 bits per heavy atom. The molecule has 23 N–H and O–H groups in total. The predicted octanol–water partition coefficient (Wildman–Crippen LogP) is 0.168. The third-order valence-corrected chi connectivity index (χ3v) is 20.7. The first-order chi connectivity index (χ1) is 55.8. The molecule has 2 aromatic carbocycles. The van der Waals surface area contributed by atoms with Crippen LogP contribution in [-0.4, -0.2) is 226 Å². The average Bonchev–Trinajstić information content (AvgIpc) is 0.838. The second-order valence-corrected chi connectivity index (χ2v) is 33.3. The number of nitrogens with zero attached hydrogens (tertiary/aromatic N) is 1. The van der Waals surface area contributed by atoms with Crippen molar-refractivity contribution in [1.29, 1.82) is 0 Å². The van der Waals surface area contributed by atoms with Gasteiger partial charge in [-0.15, -0.1) is 0 Å². The molecule has 0 saturated heterocycles. The molecule has 0 aliphatic rings. The topological polar surface area (TPSA) is 576 Å². The number of carboxylic acid groups (broad SMARTS) is 1. The Labute approximate surface area is 704 Å². The van der Waals surface area contributed by atoms with E-state index in [4.69, 9.17) is 22.3 Å². The molecule has 0 radical (unpaired) electrons. The van der Waals surface area contributed by atoms with Crippen LogP contribution in [0.4, 0.5) is 0 Å². The van der Waals surface area contributed by atoms with Crippen LogP contribution in [0.3, 0.4) is 0 Å². The molecule has 0 aliphatic heterocycles. The fourth-order valence-electron chi connectivity index (χ4n) is 12.4. The van der Waals surface area contributed by atoms with Crippen LogP contribution in [0, 0.1) is 41.4 Å². The third kappa shape index (κ3) is 38.2. The Kier molecular flexibility index (Phi) is 47.1. The fraction of sp³-hybridized carbons (Fsp3) is 0.659. The molecule has 2 aromatic rings. The number of guanidine groups is 1. The van der Waals surface area contributed by atoms with Gasteiger partial charge in [0.2, 0.25) is 82.7 Å². The quantitative estimate of drug-likeness (QED) is 0.0238. The molecule has 36 nitrogen and oxygen atoms in total. The lowest BCUT2D eigenvalue weighted by Gasteiger charge is -2.31. The molecule has 668 valence electrons. The predicted molar refractivity (Wildman–Crippen MR) is 453 cm³/mol. The van der Waals surface area contributed by atoms with Gasteiger partial charge in [0, 0.05) is 19.4 Å². The van der Waals surface area contributed by atoms with E-state index in [-0.39, 0.29) is 81.0 Å². The fourth-order valence-corrected chi connectivity index (χ4v) is 12.9. The van der Waals surface area contributed by atoms with Crippen LogP contribution in [-0.2, 0) is 84.8 Å². The van der Waals surface area contributed by atoms with Gasteiger partial charge in [-0.3, -0.25) is 76.9 Å². The Balaban J connectivity index is 2.54. The van der Waals surface area contributed by atoms with E-state index in [0.29, 0.717) is 42.6 Å². The van der Waals surface area contributed by atoms with E-state index in [1.165, 1.54) is 56.8 Å². The number of hydrogen-bond acceptors (Lipinski definition) is 20. The lowest BCUT2D eigenvalue weighted by Crippen LogP contribution is -2.63. The lowest BCUT2D eigenvalue weighted by atomic mass is 9.94. The summed E-state index contributed by atoms with van der Waals surface area (Å²) in [6.07, 6.45) is 1.48. The van der Waals surface area contributed by atoms with E-state index in [1.54, 1.807) is 120 Å². The maximum absolute atomic E-state index is 14.9. The normalized spacial score (nSPS) is 15.9. The van der Waals surface area contributed by atoms with E-state index in [9.17, 15) is 82.1 Å². The second-order valence-electron chi connectivity index (χ2n) is 32.3. The number of phenolic OH excluding ortho intramolecular Hbond substituents is 1. The number of phenols is 1. The number of nitrogens with one attached hydrogen (secondary N) is 14. The van der Waals surface area contributed by atoms with Crippen LogP contribution < -0.4 is 91.6 Å². The summed E-state index contributed by atoms with van der Waals surface area (Å²) in [7, 11) is 0. The molecule has 0 saturated carbocycles. The summed E-state index contributed by atoms with van der Waals surface area (Å²) in [6.45, 7) is 27.7. The third-order valence-electron chi connectivity index (χ3n) is 20.1.